The zero-order valence-corrected chi connectivity index (χ0v) is 12.8. The molecular formula is C14H21N3O2S. The molecule has 0 radical (unpaired) electrons. The molecule has 0 unspecified atom stereocenters. The standard InChI is InChI=1S/C14H21N3O2S/c1-11(20-2)14(18)16-10-12-3-4-15-13(9-12)17-5-7-19-8-6-17/h3-4,9,11H,5-8,10H2,1-2H3,(H,16,18)/t11-/m0/s1. The number of carbonyl (C=O) groups excluding carboxylic acids is 1. The maximum atomic E-state index is 11.8. The molecule has 1 N–H and O–H groups in total. The molecule has 1 saturated heterocycles. The number of ether oxygens (including phenoxy) is 1. The van der Waals surface area contributed by atoms with Crippen LogP contribution in [0.5, 0.6) is 0 Å². The summed E-state index contributed by atoms with van der Waals surface area (Å²) in [5.74, 6) is 1.03. The molecule has 0 aliphatic carbocycles. The number of carbonyl (C=O) groups is 1. The summed E-state index contributed by atoms with van der Waals surface area (Å²) in [6, 6.07) is 3.98. The number of rotatable bonds is 5. The maximum absolute atomic E-state index is 11.8. The first kappa shape index (κ1) is 15.1. The Bertz CT molecular complexity index is 450. The van der Waals surface area contributed by atoms with Crippen LogP contribution in [-0.2, 0) is 16.1 Å². The molecule has 2 rings (SSSR count). The molecule has 110 valence electrons. The van der Waals surface area contributed by atoms with Crippen molar-refractivity contribution < 1.29 is 9.53 Å². The summed E-state index contributed by atoms with van der Waals surface area (Å²) in [6.45, 7) is 5.68. The Morgan fingerprint density at radius 3 is 3.00 bits per heavy atom. The van der Waals surface area contributed by atoms with Crippen LogP contribution in [0.3, 0.4) is 0 Å². The topological polar surface area (TPSA) is 54.5 Å². The lowest BCUT2D eigenvalue weighted by atomic mass is 10.2. The molecule has 1 aliphatic rings. The number of nitrogens with one attached hydrogen (secondary N) is 1. The van der Waals surface area contributed by atoms with Gasteiger partial charge in [-0.3, -0.25) is 4.79 Å². The summed E-state index contributed by atoms with van der Waals surface area (Å²) in [5, 5.41) is 2.93. The molecule has 1 fully saturated rings. The van der Waals surface area contributed by atoms with Gasteiger partial charge >= 0.3 is 0 Å². The molecule has 1 aromatic heterocycles. The number of nitrogens with zero attached hydrogens (tertiary/aromatic N) is 2. The smallest absolute Gasteiger partial charge is 0.233 e. The van der Waals surface area contributed by atoms with Crippen LogP contribution in [0, 0.1) is 0 Å². The van der Waals surface area contributed by atoms with Gasteiger partial charge in [-0.1, -0.05) is 0 Å². The van der Waals surface area contributed by atoms with E-state index in [9.17, 15) is 4.79 Å². The van der Waals surface area contributed by atoms with Crippen molar-refractivity contribution in [2.45, 2.75) is 18.7 Å². The van der Waals surface area contributed by atoms with Crippen LogP contribution >= 0.6 is 11.8 Å². The Labute approximate surface area is 124 Å². The number of morpholine rings is 1. The second-order valence-corrected chi connectivity index (χ2v) is 5.90. The third kappa shape index (κ3) is 4.11. The maximum Gasteiger partial charge on any atom is 0.233 e. The molecule has 1 aromatic rings. The Morgan fingerprint density at radius 2 is 2.30 bits per heavy atom. The van der Waals surface area contributed by atoms with Gasteiger partial charge in [0.1, 0.15) is 5.82 Å². The fourth-order valence-corrected chi connectivity index (χ4v) is 2.27. The first-order valence-corrected chi connectivity index (χ1v) is 8.07. The molecule has 0 bridgehead atoms. The van der Waals surface area contributed by atoms with E-state index in [0.29, 0.717) is 6.54 Å². The number of hydrogen-bond donors (Lipinski definition) is 1. The van der Waals surface area contributed by atoms with E-state index in [1.165, 1.54) is 0 Å². The lowest BCUT2D eigenvalue weighted by Crippen LogP contribution is -2.36. The Morgan fingerprint density at radius 1 is 1.55 bits per heavy atom. The molecule has 0 aromatic carbocycles. The van der Waals surface area contributed by atoms with Crippen LogP contribution in [0.25, 0.3) is 0 Å². The average Bonchev–Trinajstić information content (AvgIpc) is 2.53. The van der Waals surface area contributed by atoms with E-state index in [-0.39, 0.29) is 11.2 Å². The number of amides is 1. The second-order valence-electron chi connectivity index (χ2n) is 4.72. The second kappa shape index (κ2) is 7.50. The number of thioether (sulfide) groups is 1. The van der Waals surface area contributed by atoms with Gasteiger partial charge in [0.05, 0.1) is 18.5 Å². The zero-order chi connectivity index (χ0) is 14.4. The molecule has 1 aliphatic heterocycles. The molecule has 0 spiro atoms. The molecule has 0 saturated carbocycles. The van der Waals surface area contributed by atoms with Gasteiger partial charge in [0.2, 0.25) is 5.91 Å². The van der Waals surface area contributed by atoms with E-state index in [0.717, 1.165) is 37.7 Å². The molecule has 1 atom stereocenters. The molecule has 6 heteroatoms. The number of pyridine rings is 1. The summed E-state index contributed by atoms with van der Waals surface area (Å²) in [7, 11) is 0. The predicted molar refractivity (Wildman–Crippen MR) is 82.1 cm³/mol. The predicted octanol–water partition coefficient (Wildman–Crippen LogP) is 1.29. The highest BCUT2D eigenvalue weighted by Crippen LogP contribution is 2.14. The number of anilines is 1. The molecule has 2 heterocycles. The van der Waals surface area contributed by atoms with Crippen LogP contribution in [0.4, 0.5) is 5.82 Å². The quantitative estimate of drug-likeness (QED) is 0.887. The fourth-order valence-electron chi connectivity index (χ4n) is 1.98. The monoisotopic (exact) mass is 295 g/mol. The molecular weight excluding hydrogens is 274 g/mol. The number of aromatic nitrogens is 1. The van der Waals surface area contributed by atoms with E-state index in [4.69, 9.17) is 4.74 Å². The van der Waals surface area contributed by atoms with Crippen molar-refractivity contribution in [2.24, 2.45) is 0 Å². The van der Waals surface area contributed by atoms with Crippen molar-refractivity contribution in [1.29, 1.82) is 0 Å². The van der Waals surface area contributed by atoms with Crippen LogP contribution in [0.2, 0.25) is 0 Å². The summed E-state index contributed by atoms with van der Waals surface area (Å²) in [5.41, 5.74) is 1.07. The van der Waals surface area contributed by atoms with Crippen LogP contribution in [0.1, 0.15) is 12.5 Å². The van der Waals surface area contributed by atoms with Gasteiger partial charge in [0.15, 0.2) is 0 Å². The highest BCUT2D eigenvalue weighted by molar-refractivity contribution is 7.99. The van der Waals surface area contributed by atoms with Crippen molar-refractivity contribution in [2.75, 3.05) is 37.5 Å². The Hall–Kier alpha value is -1.27. The summed E-state index contributed by atoms with van der Waals surface area (Å²) in [6.07, 6.45) is 3.73. The summed E-state index contributed by atoms with van der Waals surface area (Å²) in [4.78, 5) is 18.4. The first-order valence-electron chi connectivity index (χ1n) is 6.79. The first-order chi connectivity index (χ1) is 9.70. The van der Waals surface area contributed by atoms with E-state index >= 15 is 0 Å². The van der Waals surface area contributed by atoms with E-state index in [1.807, 2.05) is 25.3 Å². The molecule has 1 amide bonds. The van der Waals surface area contributed by atoms with Crippen LogP contribution < -0.4 is 10.2 Å². The third-order valence-electron chi connectivity index (χ3n) is 3.33. The van der Waals surface area contributed by atoms with Gasteiger partial charge in [-0.25, -0.2) is 4.98 Å². The Balaban J connectivity index is 1.93. The lowest BCUT2D eigenvalue weighted by molar-refractivity contribution is -0.120. The Kier molecular flexibility index (Phi) is 5.67. The van der Waals surface area contributed by atoms with Crippen LogP contribution in [0.15, 0.2) is 18.3 Å². The van der Waals surface area contributed by atoms with Gasteiger partial charge in [-0.15, -0.1) is 0 Å². The SMILES string of the molecule is CS[C@@H](C)C(=O)NCc1ccnc(N2CCOCC2)c1. The molecule has 20 heavy (non-hydrogen) atoms. The number of hydrogen-bond acceptors (Lipinski definition) is 5. The van der Waals surface area contributed by atoms with Crippen molar-refractivity contribution in [3.63, 3.8) is 0 Å². The lowest BCUT2D eigenvalue weighted by Gasteiger charge is -2.28. The van der Waals surface area contributed by atoms with E-state index < -0.39 is 0 Å². The minimum absolute atomic E-state index is 0.0180. The van der Waals surface area contributed by atoms with Crippen LogP contribution in [-0.4, -0.2) is 48.7 Å². The summed E-state index contributed by atoms with van der Waals surface area (Å²) >= 11 is 1.55. The van der Waals surface area contributed by atoms with Gasteiger partial charge in [-0.05, 0) is 30.9 Å². The van der Waals surface area contributed by atoms with E-state index in [2.05, 4.69) is 15.2 Å². The molecule has 5 nitrogen and oxygen atoms in total. The van der Waals surface area contributed by atoms with Gasteiger partial charge in [-0.2, -0.15) is 11.8 Å². The summed E-state index contributed by atoms with van der Waals surface area (Å²) < 4.78 is 5.34. The zero-order valence-electron chi connectivity index (χ0n) is 12.0. The van der Waals surface area contributed by atoms with Crippen molar-refractivity contribution >= 4 is 23.5 Å². The average molecular weight is 295 g/mol. The minimum Gasteiger partial charge on any atom is -0.378 e. The van der Waals surface area contributed by atoms with Crippen molar-refractivity contribution in [3.05, 3.63) is 23.9 Å². The highest BCUT2D eigenvalue weighted by atomic mass is 32.2. The minimum atomic E-state index is -0.0180. The largest absolute Gasteiger partial charge is 0.378 e. The van der Waals surface area contributed by atoms with Gasteiger partial charge < -0.3 is 15.0 Å². The third-order valence-corrected chi connectivity index (χ3v) is 4.26. The fraction of sp³-hybridized carbons (Fsp3) is 0.571. The van der Waals surface area contributed by atoms with Gasteiger partial charge in [0, 0.05) is 25.8 Å². The normalized spacial score (nSPS) is 16.8. The van der Waals surface area contributed by atoms with Gasteiger partial charge in [0.25, 0.3) is 0 Å². The van der Waals surface area contributed by atoms with E-state index in [1.54, 1.807) is 18.0 Å². The van der Waals surface area contributed by atoms with Crippen molar-refractivity contribution in [3.8, 4) is 0 Å². The van der Waals surface area contributed by atoms with Crippen molar-refractivity contribution in [1.82, 2.24) is 10.3 Å². The highest BCUT2D eigenvalue weighted by Gasteiger charge is 2.13.